The Balaban J connectivity index is 1.37. The van der Waals surface area contributed by atoms with Crippen LogP contribution in [0, 0.1) is 11.8 Å². The van der Waals surface area contributed by atoms with Gasteiger partial charge in [-0.2, -0.15) is 0 Å². The van der Waals surface area contributed by atoms with E-state index in [2.05, 4.69) is 5.32 Å². The van der Waals surface area contributed by atoms with Crippen molar-refractivity contribution in [2.45, 2.75) is 25.8 Å². The molecule has 3 aliphatic rings. The molecule has 5 nitrogen and oxygen atoms in total. The summed E-state index contributed by atoms with van der Waals surface area (Å²) in [4.78, 5) is 14.3. The summed E-state index contributed by atoms with van der Waals surface area (Å²) in [7, 11) is 0. The smallest absolute Gasteiger partial charge is 0.317 e. The molecule has 1 aliphatic carbocycles. The maximum Gasteiger partial charge on any atom is 0.317 e. The molecule has 112 valence electrons. The van der Waals surface area contributed by atoms with Gasteiger partial charge in [0.1, 0.15) is 0 Å². The minimum Gasteiger partial charge on any atom is -0.454 e. The average molecular weight is 288 g/mol. The fourth-order valence-electron chi connectivity index (χ4n) is 3.81. The lowest BCUT2D eigenvalue weighted by Gasteiger charge is -2.18. The Morgan fingerprint density at radius 3 is 2.86 bits per heavy atom. The van der Waals surface area contributed by atoms with Gasteiger partial charge < -0.3 is 19.7 Å². The van der Waals surface area contributed by atoms with Crippen molar-refractivity contribution in [2.75, 3.05) is 19.9 Å². The molecule has 0 unspecified atom stereocenters. The number of nitrogens with one attached hydrogen (secondary N) is 1. The lowest BCUT2D eigenvalue weighted by Crippen LogP contribution is -2.38. The van der Waals surface area contributed by atoms with Crippen molar-refractivity contribution in [3.63, 3.8) is 0 Å². The fourth-order valence-corrected chi connectivity index (χ4v) is 3.81. The van der Waals surface area contributed by atoms with E-state index in [1.807, 2.05) is 23.1 Å². The molecule has 2 heterocycles. The standard InChI is InChI=1S/C16H20N2O3/c19-16(18-8-12-4-1-5-13(12)9-18)17-7-11-3-2-6-14-15(11)21-10-20-14/h2-3,6,12-13H,1,4-5,7-10H2,(H,17,19)/t12-,13-/m0/s1. The summed E-state index contributed by atoms with van der Waals surface area (Å²) in [6.07, 6.45) is 3.90. The van der Waals surface area contributed by atoms with Gasteiger partial charge in [-0.05, 0) is 30.7 Å². The van der Waals surface area contributed by atoms with Crippen LogP contribution in [0.5, 0.6) is 11.5 Å². The Kier molecular flexibility index (Phi) is 3.13. The van der Waals surface area contributed by atoms with Gasteiger partial charge in [0.2, 0.25) is 6.79 Å². The molecule has 2 atom stereocenters. The number of para-hydroxylation sites is 1. The number of amides is 2. The Morgan fingerprint density at radius 1 is 1.24 bits per heavy atom. The van der Waals surface area contributed by atoms with E-state index in [1.165, 1.54) is 19.3 Å². The van der Waals surface area contributed by atoms with E-state index in [4.69, 9.17) is 9.47 Å². The number of likely N-dealkylation sites (tertiary alicyclic amines) is 1. The third-order valence-electron chi connectivity index (χ3n) is 4.92. The summed E-state index contributed by atoms with van der Waals surface area (Å²) >= 11 is 0. The Hall–Kier alpha value is -1.91. The van der Waals surface area contributed by atoms with E-state index >= 15 is 0 Å². The quantitative estimate of drug-likeness (QED) is 0.909. The lowest BCUT2D eigenvalue weighted by atomic mass is 10.0. The van der Waals surface area contributed by atoms with Gasteiger partial charge in [0.15, 0.2) is 11.5 Å². The number of carbonyl (C=O) groups excluding carboxylic acids is 1. The van der Waals surface area contributed by atoms with Crippen molar-refractivity contribution >= 4 is 6.03 Å². The van der Waals surface area contributed by atoms with Crippen LogP contribution < -0.4 is 14.8 Å². The zero-order valence-corrected chi connectivity index (χ0v) is 12.0. The molecule has 0 radical (unpaired) electrons. The van der Waals surface area contributed by atoms with Crippen LogP contribution in [0.25, 0.3) is 0 Å². The van der Waals surface area contributed by atoms with Crippen LogP contribution in [0.15, 0.2) is 18.2 Å². The number of rotatable bonds is 2. The van der Waals surface area contributed by atoms with Gasteiger partial charge in [0.25, 0.3) is 0 Å². The molecule has 1 saturated carbocycles. The molecular formula is C16H20N2O3. The molecule has 0 spiro atoms. The van der Waals surface area contributed by atoms with Gasteiger partial charge in [-0.3, -0.25) is 0 Å². The number of benzene rings is 1. The molecule has 1 N–H and O–H groups in total. The van der Waals surface area contributed by atoms with E-state index in [0.717, 1.165) is 42.0 Å². The molecule has 0 aromatic heterocycles. The molecule has 1 aromatic rings. The minimum absolute atomic E-state index is 0.0425. The Labute approximate surface area is 124 Å². The van der Waals surface area contributed by atoms with Gasteiger partial charge in [-0.1, -0.05) is 18.6 Å². The van der Waals surface area contributed by atoms with Gasteiger partial charge in [0.05, 0.1) is 0 Å². The van der Waals surface area contributed by atoms with Crippen LogP contribution in [-0.2, 0) is 6.54 Å². The van der Waals surface area contributed by atoms with E-state index < -0.39 is 0 Å². The maximum absolute atomic E-state index is 12.3. The highest BCUT2D eigenvalue weighted by Crippen LogP contribution is 2.38. The third kappa shape index (κ3) is 2.30. The summed E-state index contributed by atoms with van der Waals surface area (Å²) in [5.41, 5.74) is 0.970. The van der Waals surface area contributed by atoms with Gasteiger partial charge in [-0.15, -0.1) is 0 Å². The topological polar surface area (TPSA) is 50.8 Å². The molecule has 2 aliphatic heterocycles. The lowest BCUT2D eigenvalue weighted by molar-refractivity contribution is 0.173. The van der Waals surface area contributed by atoms with Crippen LogP contribution >= 0.6 is 0 Å². The first-order valence-electron chi connectivity index (χ1n) is 7.71. The average Bonchev–Trinajstić information content (AvgIpc) is 3.18. The van der Waals surface area contributed by atoms with Crippen LogP contribution in [-0.4, -0.2) is 30.8 Å². The molecular weight excluding hydrogens is 268 g/mol. The predicted molar refractivity (Wildman–Crippen MR) is 77.2 cm³/mol. The zero-order chi connectivity index (χ0) is 14.2. The largest absolute Gasteiger partial charge is 0.454 e. The number of urea groups is 1. The monoisotopic (exact) mass is 288 g/mol. The fraction of sp³-hybridized carbons (Fsp3) is 0.562. The first kappa shape index (κ1) is 12.8. The first-order chi connectivity index (χ1) is 10.3. The summed E-state index contributed by atoms with van der Waals surface area (Å²) < 4.78 is 10.8. The minimum atomic E-state index is 0.0425. The Morgan fingerprint density at radius 2 is 2.05 bits per heavy atom. The van der Waals surface area contributed by atoms with E-state index in [-0.39, 0.29) is 12.8 Å². The van der Waals surface area contributed by atoms with Gasteiger partial charge in [-0.25, -0.2) is 4.79 Å². The molecule has 1 saturated heterocycles. The van der Waals surface area contributed by atoms with Crippen molar-refractivity contribution in [3.05, 3.63) is 23.8 Å². The highest BCUT2D eigenvalue weighted by molar-refractivity contribution is 5.74. The molecule has 5 heteroatoms. The normalized spacial score (nSPS) is 26.0. The molecule has 0 bridgehead atoms. The second-order valence-electron chi connectivity index (χ2n) is 6.17. The number of hydrogen-bond donors (Lipinski definition) is 1. The second kappa shape index (κ2) is 5.13. The first-order valence-corrected chi connectivity index (χ1v) is 7.71. The number of nitrogens with zero attached hydrogens (tertiary/aromatic N) is 1. The second-order valence-corrected chi connectivity index (χ2v) is 6.17. The van der Waals surface area contributed by atoms with Crippen molar-refractivity contribution in [1.82, 2.24) is 10.2 Å². The number of hydrogen-bond acceptors (Lipinski definition) is 3. The van der Waals surface area contributed by atoms with Crippen LogP contribution in [0.2, 0.25) is 0 Å². The predicted octanol–water partition coefficient (Wildman–Crippen LogP) is 2.36. The third-order valence-corrected chi connectivity index (χ3v) is 4.92. The van der Waals surface area contributed by atoms with Crippen molar-refractivity contribution in [2.24, 2.45) is 11.8 Å². The van der Waals surface area contributed by atoms with Gasteiger partial charge >= 0.3 is 6.03 Å². The SMILES string of the molecule is O=C(NCc1cccc2c1OCO2)N1C[C@@H]2CCC[C@H]2C1. The summed E-state index contributed by atoms with van der Waals surface area (Å²) in [6.45, 7) is 2.58. The van der Waals surface area contributed by atoms with Crippen molar-refractivity contribution in [3.8, 4) is 11.5 Å². The molecule has 1 aromatic carbocycles. The summed E-state index contributed by atoms with van der Waals surface area (Å²) in [5, 5.41) is 3.01. The van der Waals surface area contributed by atoms with E-state index in [1.54, 1.807) is 0 Å². The van der Waals surface area contributed by atoms with Crippen LogP contribution in [0.1, 0.15) is 24.8 Å². The summed E-state index contributed by atoms with van der Waals surface area (Å²) in [6, 6.07) is 5.82. The molecule has 21 heavy (non-hydrogen) atoms. The number of ether oxygens (including phenoxy) is 2. The van der Waals surface area contributed by atoms with E-state index in [9.17, 15) is 4.79 Å². The zero-order valence-electron chi connectivity index (χ0n) is 12.0. The molecule has 2 amide bonds. The Bertz CT molecular complexity index is 548. The van der Waals surface area contributed by atoms with Crippen LogP contribution in [0.3, 0.4) is 0 Å². The number of carbonyl (C=O) groups is 1. The number of fused-ring (bicyclic) bond motifs is 2. The molecule has 4 rings (SSSR count). The highest BCUT2D eigenvalue weighted by atomic mass is 16.7. The molecule has 2 fully saturated rings. The summed E-state index contributed by atoms with van der Waals surface area (Å²) in [5.74, 6) is 2.98. The van der Waals surface area contributed by atoms with Gasteiger partial charge in [0, 0.05) is 25.2 Å². The van der Waals surface area contributed by atoms with E-state index in [0.29, 0.717) is 6.54 Å². The van der Waals surface area contributed by atoms with Crippen molar-refractivity contribution in [1.29, 1.82) is 0 Å². The van der Waals surface area contributed by atoms with Crippen LogP contribution in [0.4, 0.5) is 4.79 Å². The highest BCUT2D eigenvalue weighted by Gasteiger charge is 2.37. The maximum atomic E-state index is 12.3. The van der Waals surface area contributed by atoms with Crippen molar-refractivity contribution < 1.29 is 14.3 Å².